The van der Waals surface area contributed by atoms with Crippen LogP contribution in [0.1, 0.15) is 75.2 Å². The summed E-state index contributed by atoms with van der Waals surface area (Å²) in [4.78, 5) is 37.6. The molecule has 32 heavy (non-hydrogen) atoms. The van der Waals surface area contributed by atoms with E-state index in [0.29, 0.717) is 13.0 Å². The quantitative estimate of drug-likeness (QED) is 0.423. The summed E-state index contributed by atoms with van der Waals surface area (Å²) in [5.41, 5.74) is -4.86. The molecule has 1 saturated carbocycles. The summed E-state index contributed by atoms with van der Waals surface area (Å²) in [7, 11) is 1.63. The van der Waals surface area contributed by atoms with Gasteiger partial charge in [-0.3, -0.25) is 14.4 Å². The van der Waals surface area contributed by atoms with Crippen LogP contribution in [0.15, 0.2) is 0 Å². The molecule has 1 aliphatic carbocycles. The van der Waals surface area contributed by atoms with E-state index < -0.39 is 34.9 Å². The first-order valence-corrected chi connectivity index (χ1v) is 11.1. The Kier molecular flexibility index (Phi) is 8.99. The summed E-state index contributed by atoms with van der Waals surface area (Å²) >= 11 is 0. The van der Waals surface area contributed by atoms with Gasteiger partial charge in [-0.25, -0.2) is 0 Å². The number of ether oxygens (including phenoxy) is 4. The number of carbonyl (C=O) groups is 3. The Morgan fingerprint density at radius 2 is 1.69 bits per heavy atom. The van der Waals surface area contributed by atoms with Crippen molar-refractivity contribution in [3.63, 3.8) is 0 Å². The Balaban J connectivity index is 2.75. The number of hydrogen-bond acceptors (Lipinski definition) is 8. The second-order valence-electron chi connectivity index (χ2n) is 10.7. The molecule has 186 valence electrons. The summed E-state index contributed by atoms with van der Waals surface area (Å²) < 4.78 is 22.7. The minimum atomic E-state index is -1.27. The van der Waals surface area contributed by atoms with Gasteiger partial charge in [0.15, 0.2) is 17.3 Å². The van der Waals surface area contributed by atoms with Crippen LogP contribution in [0.25, 0.3) is 0 Å². The molecule has 0 saturated heterocycles. The number of ketones is 3. The molecule has 0 heterocycles. The highest BCUT2D eigenvalue weighted by Gasteiger charge is 2.62. The van der Waals surface area contributed by atoms with Gasteiger partial charge in [0.2, 0.25) is 0 Å². The topological polar surface area (TPSA) is 108 Å². The van der Waals surface area contributed by atoms with Gasteiger partial charge < -0.3 is 24.1 Å². The van der Waals surface area contributed by atoms with Crippen molar-refractivity contribution in [3.8, 4) is 0 Å². The van der Waals surface area contributed by atoms with Gasteiger partial charge in [-0.15, -0.1) is 0 Å². The molecule has 3 unspecified atom stereocenters. The van der Waals surface area contributed by atoms with Crippen molar-refractivity contribution >= 4 is 17.3 Å². The van der Waals surface area contributed by atoms with E-state index >= 15 is 0 Å². The lowest BCUT2D eigenvalue weighted by Gasteiger charge is -2.51. The van der Waals surface area contributed by atoms with Crippen LogP contribution in [-0.4, -0.2) is 77.9 Å². The van der Waals surface area contributed by atoms with Crippen LogP contribution < -0.4 is 0 Å². The minimum absolute atomic E-state index is 0.119. The molecule has 1 fully saturated rings. The average molecular weight is 459 g/mol. The predicted octanol–water partition coefficient (Wildman–Crippen LogP) is 2.67. The van der Waals surface area contributed by atoms with Crippen molar-refractivity contribution in [2.24, 2.45) is 5.41 Å². The van der Waals surface area contributed by atoms with Crippen LogP contribution in [0.5, 0.6) is 0 Å². The molecule has 1 N–H and O–H groups in total. The van der Waals surface area contributed by atoms with Crippen LogP contribution >= 0.6 is 0 Å². The van der Waals surface area contributed by atoms with E-state index in [1.807, 2.05) is 13.8 Å². The van der Waals surface area contributed by atoms with Crippen molar-refractivity contribution in [2.45, 2.75) is 104 Å². The highest BCUT2D eigenvalue weighted by molar-refractivity contribution is 5.99. The van der Waals surface area contributed by atoms with Gasteiger partial charge in [-0.2, -0.15) is 0 Å². The summed E-state index contributed by atoms with van der Waals surface area (Å²) in [6.45, 7) is 14.8. The van der Waals surface area contributed by atoms with Gasteiger partial charge in [0.25, 0.3) is 0 Å². The number of aliphatic hydroxyl groups is 1. The highest BCUT2D eigenvalue weighted by atomic mass is 16.5. The van der Waals surface area contributed by atoms with E-state index in [1.165, 1.54) is 6.92 Å². The van der Waals surface area contributed by atoms with Crippen molar-refractivity contribution in [2.75, 3.05) is 26.9 Å². The average Bonchev–Trinajstić information content (AvgIpc) is 2.69. The van der Waals surface area contributed by atoms with E-state index in [2.05, 4.69) is 0 Å². The number of aliphatic hydroxyl groups excluding tert-OH is 1. The summed E-state index contributed by atoms with van der Waals surface area (Å²) in [5.74, 6) is -0.788. The molecule has 1 rings (SSSR count). The van der Waals surface area contributed by atoms with Gasteiger partial charge >= 0.3 is 0 Å². The Morgan fingerprint density at radius 1 is 1.12 bits per heavy atom. The van der Waals surface area contributed by atoms with E-state index in [1.54, 1.807) is 48.7 Å². The van der Waals surface area contributed by atoms with Gasteiger partial charge in [0.05, 0.1) is 30.8 Å². The lowest BCUT2D eigenvalue weighted by Crippen LogP contribution is -2.66. The normalized spacial score (nSPS) is 25.4. The van der Waals surface area contributed by atoms with Crippen LogP contribution in [0, 0.1) is 5.41 Å². The SMILES string of the molecule is COC(C)(C)CCOC1(C)CC(CO)(COC(C)(C)C(=O)C(C)OC(C)(C)C(C)=O)C1=O. The predicted molar refractivity (Wildman–Crippen MR) is 120 cm³/mol. The fraction of sp³-hybridized carbons (Fsp3) is 0.875. The first kappa shape index (κ1) is 28.8. The molecule has 0 bridgehead atoms. The molecule has 3 atom stereocenters. The maximum Gasteiger partial charge on any atom is 0.192 e. The monoisotopic (exact) mass is 458 g/mol. The maximum absolute atomic E-state index is 13.0. The third-order valence-electron chi connectivity index (χ3n) is 6.61. The zero-order chi connectivity index (χ0) is 25.2. The first-order valence-electron chi connectivity index (χ1n) is 11.1. The number of rotatable bonds is 14. The zero-order valence-corrected chi connectivity index (χ0v) is 21.4. The lowest BCUT2D eigenvalue weighted by molar-refractivity contribution is -0.206. The molecule has 0 aliphatic heterocycles. The van der Waals surface area contributed by atoms with Crippen molar-refractivity contribution in [1.82, 2.24) is 0 Å². The Labute approximate surface area is 192 Å². The lowest BCUT2D eigenvalue weighted by atomic mass is 9.59. The number of methoxy groups -OCH3 is 1. The van der Waals surface area contributed by atoms with E-state index in [0.717, 1.165) is 0 Å². The second kappa shape index (κ2) is 9.97. The van der Waals surface area contributed by atoms with Gasteiger partial charge in [-0.05, 0) is 68.7 Å². The third kappa shape index (κ3) is 6.44. The Morgan fingerprint density at radius 3 is 2.12 bits per heavy atom. The number of carbonyl (C=O) groups excluding carboxylic acids is 3. The summed E-state index contributed by atoms with van der Waals surface area (Å²) in [5, 5.41) is 9.97. The Bertz CT molecular complexity index is 711. The van der Waals surface area contributed by atoms with Crippen molar-refractivity contribution in [1.29, 1.82) is 0 Å². The molecule has 8 heteroatoms. The number of Topliss-reactive ketones (excluding diaryl/α,β-unsaturated/α-hetero) is 3. The Hall–Kier alpha value is -1.19. The standard InChI is InChI=1S/C24H42O8/c1-16(32-21(5,6)17(2)26)18(27)22(7,8)31-15-24(14-25)13-23(9,19(24)28)30-12-11-20(3,4)29-10/h16,25H,11-15H2,1-10H3. The molecule has 0 radical (unpaired) electrons. The van der Waals surface area contributed by atoms with Gasteiger partial charge in [-0.1, -0.05) is 0 Å². The fourth-order valence-electron chi connectivity index (χ4n) is 3.75. The maximum atomic E-state index is 13.0. The van der Waals surface area contributed by atoms with Gasteiger partial charge in [0.1, 0.15) is 22.9 Å². The summed E-state index contributed by atoms with van der Waals surface area (Å²) in [6, 6.07) is 0. The van der Waals surface area contributed by atoms with Crippen molar-refractivity contribution in [3.05, 3.63) is 0 Å². The van der Waals surface area contributed by atoms with Crippen LogP contribution in [0.3, 0.4) is 0 Å². The first-order chi connectivity index (χ1) is 14.4. The third-order valence-corrected chi connectivity index (χ3v) is 6.61. The minimum Gasteiger partial charge on any atom is -0.395 e. The largest absolute Gasteiger partial charge is 0.395 e. The molecule has 0 aromatic rings. The zero-order valence-electron chi connectivity index (χ0n) is 21.4. The van der Waals surface area contributed by atoms with Crippen LogP contribution in [-0.2, 0) is 33.3 Å². The number of hydrogen-bond donors (Lipinski definition) is 1. The van der Waals surface area contributed by atoms with E-state index in [-0.39, 0.29) is 36.0 Å². The molecule has 8 nitrogen and oxygen atoms in total. The molecule has 0 aromatic carbocycles. The smallest absolute Gasteiger partial charge is 0.192 e. The highest BCUT2D eigenvalue weighted by Crippen LogP contribution is 2.47. The van der Waals surface area contributed by atoms with E-state index in [4.69, 9.17) is 18.9 Å². The molecular weight excluding hydrogens is 416 g/mol. The van der Waals surface area contributed by atoms with Crippen LogP contribution in [0.2, 0.25) is 0 Å². The van der Waals surface area contributed by atoms with Crippen molar-refractivity contribution < 1.29 is 38.4 Å². The molecule has 0 aromatic heterocycles. The molecule has 0 spiro atoms. The fourth-order valence-corrected chi connectivity index (χ4v) is 3.75. The molecular formula is C24H42O8. The molecule has 1 aliphatic rings. The van der Waals surface area contributed by atoms with Crippen LogP contribution in [0.4, 0.5) is 0 Å². The summed E-state index contributed by atoms with van der Waals surface area (Å²) in [6.07, 6.45) is 0.0189. The molecule has 0 amide bonds. The van der Waals surface area contributed by atoms with E-state index in [9.17, 15) is 19.5 Å². The second-order valence-corrected chi connectivity index (χ2v) is 10.7. The van der Waals surface area contributed by atoms with Gasteiger partial charge in [0, 0.05) is 13.5 Å².